The summed E-state index contributed by atoms with van der Waals surface area (Å²) in [5.41, 5.74) is 8.76. The van der Waals surface area contributed by atoms with Crippen LogP contribution in [0.15, 0.2) is 23.2 Å². The molecule has 7 heteroatoms. The van der Waals surface area contributed by atoms with E-state index in [4.69, 9.17) is 16.2 Å². The van der Waals surface area contributed by atoms with E-state index < -0.39 is 23.9 Å². The van der Waals surface area contributed by atoms with Crippen LogP contribution >= 0.6 is 0 Å². The Balaban J connectivity index is 2.65. The second-order valence-corrected chi connectivity index (χ2v) is 4.61. The Labute approximate surface area is 108 Å². The molecule has 0 amide bonds. The quantitative estimate of drug-likeness (QED) is 0.764. The molecule has 0 unspecified atom stereocenters. The zero-order valence-corrected chi connectivity index (χ0v) is 10.3. The third kappa shape index (κ3) is 2.25. The highest BCUT2D eigenvalue weighted by Crippen LogP contribution is 2.43. The third-order valence-corrected chi connectivity index (χ3v) is 3.13. The van der Waals surface area contributed by atoms with Crippen molar-refractivity contribution < 1.29 is 17.9 Å². The normalized spacial score (nSPS) is 26.6. The maximum Gasteiger partial charge on any atom is 0.299 e. The van der Waals surface area contributed by atoms with Gasteiger partial charge in [0.25, 0.3) is 5.92 Å². The first-order valence-electron chi connectivity index (χ1n) is 5.61. The number of benzene rings is 1. The van der Waals surface area contributed by atoms with E-state index in [1.165, 1.54) is 6.07 Å². The van der Waals surface area contributed by atoms with Crippen molar-refractivity contribution in [3.63, 3.8) is 0 Å². The van der Waals surface area contributed by atoms with Crippen LogP contribution in [0.2, 0.25) is 0 Å². The van der Waals surface area contributed by atoms with E-state index in [-0.39, 0.29) is 23.7 Å². The zero-order chi connectivity index (χ0) is 14.3. The highest BCUT2D eigenvalue weighted by atomic mass is 19.3. The fraction of sp³-hybridized carbons (Fsp3) is 0.417. The second-order valence-electron chi connectivity index (χ2n) is 4.61. The van der Waals surface area contributed by atoms with Gasteiger partial charge in [-0.1, -0.05) is 0 Å². The Morgan fingerprint density at radius 3 is 2.68 bits per heavy atom. The Kier molecular flexibility index (Phi) is 3.17. The number of amidine groups is 1. The van der Waals surface area contributed by atoms with E-state index in [0.717, 1.165) is 19.1 Å². The fourth-order valence-electron chi connectivity index (χ4n) is 2.00. The lowest BCUT2D eigenvalue weighted by molar-refractivity contribution is -0.116. The van der Waals surface area contributed by atoms with E-state index in [0.29, 0.717) is 0 Å². The van der Waals surface area contributed by atoms with Crippen molar-refractivity contribution in [2.24, 2.45) is 10.7 Å². The molecule has 1 heterocycles. The Bertz CT molecular complexity index is 533. The minimum atomic E-state index is -3.40. The predicted octanol–water partition coefficient (Wildman–Crippen LogP) is 1.65. The fourth-order valence-corrected chi connectivity index (χ4v) is 2.00. The standard InChI is InChI=1S/C12H14F3N3O/c1-11(8-4-7(16)2-3-9(8)13)12(14,15)6-19-5-10(17)18-11/h2-4H,5-6,16H2,1H3,(H2,17,18)/t11-/m1/s1. The van der Waals surface area contributed by atoms with Gasteiger partial charge in [0.15, 0.2) is 5.54 Å². The van der Waals surface area contributed by atoms with Crippen LogP contribution in [0.4, 0.5) is 18.9 Å². The molecular formula is C12H14F3N3O. The molecule has 0 bridgehead atoms. The van der Waals surface area contributed by atoms with E-state index in [1.807, 2.05) is 0 Å². The van der Waals surface area contributed by atoms with Crippen molar-refractivity contribution in [1.29, 1.82) is 0 Å². The number of hydrogen-bond donors (Lipinski definition) is 2. The summed E-state index contributed by atoms with van der Waals surface area (Å²) in [4.78, 5) is 3.76. The van der Waals surface area contributed by atoms with Crippen molar-refractivity contribution in [1.82, 2.24) is 0 Å². The molecule has 0 fully saturated rings. The summed E-state index contributed by atoms with van der Waals surface area (Å²) in [7, 11) is 0. The second kappa shape index (κ2) is 4.41. The van der Waals surface area contributed by atoms with Crippen LogP contribution in [0.3, 0.4) is 0 Å². The predicted molar refractivity (Wildman–Crippen MR) is 65.6 cm³/mol. The number of nitrogen functional groups attached to an aromatic ring is 1. The van der Waals surface area contributed by atoms with Gasteiger partial charge >= 0.3 is 0 Å². The minimum absolute atomic E-state index is 0.110. The Morgan fingerprint density at radius 2 is 2.00 bits per heavy atom. The molecule has 1 aliphatic heterocycles. The van der Waals surface area contributed by atoms with E-state index in [1.54, 1.807) is 0 Å². The van der Waals surface area contributed by atoms with Crippen molar-refractivity contribution in [3.05, 3.63) is 29.6 Å². The first kappa shape index (κ1) is 13.7. The molecule has 19 heavy (non-hydrogen) atoms. The first-order valence-corrected chi connectivity index (χ1v) is 5.61. The first-order chi connectivity index (χ1) is 8.76. The summed E-state index contributed by atoms with van der Waals surface area (Å²) in [6.45, 7) is 0.0173. The minimum Gasteiger partial charge on any atom is -0.399 e. The number of nitrogens with zero attached hydrogens (tertiary/aromatic N) is 1. The molecular weight excluding hydrogens is 259 g/mol. The highest BCUT2D eigenvalue weighted by molar-refractivity contribution is 5.82. The molecule has 0 aliphatic carbocycles. The summed E-state index contributed by atoms with van der Waals surface area (Å²) >= 11 is 0. The summed E-state index contributed by atoms with van der Waals surface area (Å²) in [6, 6.07) is 3.47. The van der Waals surface area contributed by atoms with Gasteiger partial charge in [-0.25, -0.2) is 13.2 Å². The Morgan fingerprint density at radius 1 is 1.32 bits per heavy atom. The molecule has 0 saturated heterocycles. The number of nitrogens with two attached hydrogens (primary N) is 2. The molecule has 0 spiro atoms. The smallest absolute Gasteiger partial charge is 0.299 e. The van der Waals surface area contributed by atoms with E-state index in [9.17, 15) is 13.2 Å². The maximum atomic E-state index is 14.2. The number of hydrogen-bond acceptors (Lipinski definition) is 4. The zero-order valence-electron chi connectivity index (χ0n) is 10.3. The van der Waals surface area contributed by atoms with Crippen LogP contribution < -0.4 is 11.5 Å². The lowest BCUT2D eigenvalue weighted by atomic mass is 9.85. The molecule has 2 rings (SSSR count). The van der Waals surface area contributed by atoms with Crippen molar-refractivity contribution in [2.45, 2.75) is 18.4 Å². The lowest BCUT2D eigenvalue weighted by Gasteiger charge is -2.33. The molecule has 104 valence electrons. The average molecular weight is 273 g/mol. The van der Waals surface area contributed by atoms with Gasteiger partial charge in [-0.3, -0.25) is 4.99 Å². The maximum absolute atomic E-state index is 14.2. The van der Waals surface area contributed by atoms with E-state index in [2.05, 4.69) is 4.99 Å². The number of alkyl halides is 2. The SMILES string of the molecule is C[C@]1(c2cc(N)ccc2F)N=C(N)COCC1(F)F. The number of aliphatic imine (C=N–C) groups is 1. The highest BCUT2D eigenvalue weighted by Gasteiger charge is 2.54. The Hall–Kier alpha value is -1.76. The average Bonchev–Trinajstić information content (AvgIpc) is 2.40. The van der Waals surface area contributed by atoms with Gasteiger partial charge in [-0.15, -0.1) is 0 Å². The van der Waals surface area contributed by atoms with Crippen molar-refractivity contribution in [3.8, 4) is 0 Å². The number of anilines is 1. The van der Waals surface area contributed by atoms with Gasteiger partial charge in [-0.05, 0) is 25.1 Å². The summed E-state index contributed by atoms with van der Waals surface area (Å²) in [5, 5.41) is 0. The van der Waals surface area contributed by atoms with E-state index >= 15 is 0 Å². The number of halogens is 3. The van der Waals surface area contributed by atoms with Gasteiger partial charge in [-0.2, -0.15) is 0 Å². The molecule has 1 aliphatic rings. The summed E-state index contributed by atoms with van der Waals surface area (Å²) < 4.78 is 47.0. The van der Waals surface area contributed by atoms with Crippen molar-refractivity contribution >= 4 is 11.5 Å². The summed E-state index contributed by atoms with van der Waals surface area (Å²) in [5.74, 6) is -4.32. The van der Waals surface area contributed by atoms with Crippen LogP contribution in [0.1, 0.15) is 12.5 Å². The van der Waals surface area contributed by atoms with Gasteiger partial charge in [0.05, 0.1) is 0 Å². The molecule has 1 aromatic rings. The van der Waals surface area contributed by atoms with Gasteiger partial charge in [0.2, 0.25) is 0 Å². The van der Waals surface area contributed by atoms with Crippen LogP contribution in [-0.4, -0.2) is 25.0 Å². The topological polar surface area (TPSA) is 73.6 Å². The molecule has 1 atom stereocenters. The monoisotopic (exact) mass is 273 g/mol. The van der Waals surface area contributed by atoms with Gasteiger partial charge in [0, 0.05) is 11.3 Å². The molecule has 4 nitrogen and oxygen atoms in total. The van der Waals surface area contributed by atoms with Crippen LogP contribution in [0, 0.1) is 5.82 Å². The van der Waals surface area contributed by atoms with Crippen LogP contribution in [-0.2, 0) is 10.3 Å². The largest absolute Gasteiger partial charge is 0.399 e. The molecule has 4 N–H and O–H groups in total. The van der Waals surface area contributed by atoms with Gasteiger partial charge in [0.1, 0.15) is 24.9 Å². The number of ether oxygens (including phenoxy) is 1. The molecule has 0 saturated carbocycles. The molecule has 0 aromatic heterocycles. The van der Waals surface area contributed by atoms with Crippen LogP contribution in [0.25, 0.3) is 0 Å². The number of rotatable bonds is 1. The summed E-state index contributed by atoms with van der Waals surface area (Å²) in [6.07, 6.45) is 0. The van der Waals surface area contributed by atoms with Crippen LogP contribution in [0.5, 0.6) is 0 Å². The van der Waals surface area contributed by atoms with Gasteiger partial charge < -0.3 is 16.2 Å². The molecule has 1 aromatic carbocycles. The van der Waals surface area contributed by atoms with Crippen molar-refractivity contribution in [2.75, 3.05) is 18.9 Å². The lowest BCUT2D eigenvalue weighted by Crippen LogP contribution is -2.45. The third-order valence-electron chi connectivity index (χ3n) is 3.13. The molecule has 0 radical (unpaired) electrons.